The summed E-state index contributed by atoms with van der Waals surface area (Å²) in [5.74, 6) is 1.76. The molecule has 0 N–H and O–H groups in total. The number of likely N-dealkylation sites (tertiary alicyclic amines) is 1. The molecule has 0 aliphatic carbocycles. The van der Waals surface area contributed by atoms with E-state index in [0.717, 1.165) is 47.9 Å². The van der Waals surface area contributed by atoms with Crippen molar-refractivity contribution in [2.75, 3.05) is 26.2 Å². The Labute approximate surface area is 126 Å². The van der Waals surface area contributed by atoms with E-state index in [9.17, 15) is 0 Å². The molecular weight excluding hydrogens is 264 g/mol. The van der Waals surface area contributed by atoms with Crippen molar-refractivity contribution in [3.63, 3.8) is 0 Å². The lowest BCUT2D eigenvalue weighted by Gasteiger charge is -2.30. The molecule has 0 unspecified atom stereocenters. The van der Waals surface area contributed by atoms with Crippen LogP contribution in [0.1, 0.15) is 31.9 Å². The van der Waals surface area contributed by atoms with E-state index in [1.165, 1.54) is 25.9 Å². The van der Waals surface area contributed by atoms with Gasteiger partial charge in [-0.2, -0.15) is 0 Å². The molecule has 1 fully saturated rings. The van der Waals surface area contributed by atoms with Crippen LogP contribution in [0.25, 0.3) is 11.0 Å². The first kappa shape index (κ1) is 14.4. The molecule has 0 radical (unpaired) electrons. The molecule has 21 heavy (non-hydrogen) atoms. The molecule has 0 atom stereocenters. The first-order valence-corrected chi connectivity index (χ1v) is 7.93. The molecule has 4 heteroatoms. The highest BCUT2D eigenvalue weighted by molar-refractivity contribution is 5.80. The normalized spacial score (nSPS) is 17.4. The van der Waals surface area contributed by atoms with E-state index in [1.54, 1.807) is 0 Å². The summed E-state index contributed by atoms with van der Waals surface area (Å²) in [5, 5.41) is 5.02. The van der Waals surface area contributed by atoms with Crippen molar-refractivity contribution in [2.24, 2.45) is 5.92 Å². The van der Waals surface area contributed by atoms with Crippen LogP contribution in [0, 0.1) is 12.8 Å². The first-order valence-electron chi connectivity index (χ1n) is 7.93. The molecule has 0 amide bonds. The summed E-state index contributed by atoms with van der Waals surface area (Å²) < 4.78 is 11.1. The Balaban J connectivity index is 1.44. The number of rotatable bonds is 5. The van der Waals surface area contributed by atoms with Crippen LogP contribution in [-0.4, -0.2) is 36.3 Å². The zero-order valence-corrected chi connectivity index (χ0v) is 13.0. The predicted molar refractivity (Wildman–Crippen MR) is 83.7 cm³/mol. The number of hydrogen-bond acceptors (Lipinski definition) is 4. The highest BCUT2D eigenvalue weighted by atomic mass is 16.5. The van der Waals surface area contributed by atoms with Crippen molar-refractivity contribution in [1.29, 1.82) is 0 Å². The molecule has 1 aromatic carbocycles. The van der Waals surface area contributed by atoms with E-state index in [1.807, 2.05) is 25.1 Å². The van der Waals surface area contributed by atoms with Crippen LogP contribution < -0.4 is 4.74 Å². The minimum Gasteiger partial charge on any atom is -0.493 e. The van der Waals surface area contributed by atoms with E-state index in [-0.39, 0.29) is 0 Å². The SMILES string of the molecule is Cc1noc2cc(OCCCN3CCC(C)CC3)ccc12. The van der Waals surface area contributed by atoms with Crippen LogP contribution in [0.15, 0.2) is 22.7 Å². The van der Waals surface area contributed by atoms with Crippen LogP contribution >= 0.6 is 0 Å². The summed E-state index contributed by atoms with van der Waals surface area (Å²) >= 11 is 0. The van der Waals surface area contributed by atoms with Gasteiger partial charge in [0.15, 0.2) is 5.58 Å². The van der Waals surface area contributed by atoms with Crippen LogP contribution in [0.2, 0.25) is 0 Å². The average molecular weight is 288 g/mol. The second-order valence-corrected chi connectivity index (χ2v) is 6.15. The fourth-order valence-corrected chi connectivity index (χ4v) is 2.90. The summed E-state index contributed by atoms with van der Waals surface area (Å²) in [5.41, 5.74) is 1.73. The Morgan fingerprint density at radius 2 is 2.14 bits per heavy atom. The maximum Gasteiger partial charge on any atom is 0.170 e. The Kier molecular flexibility index (Phi) is 4.44. The number of ether oxygens (including phenoxy) is 1. The van der Waals surface area contributed by atoms with Gasteiger partial charge in [0.1, 0.15) is 5.75 Å². The average Bonchev–Trinajstić information content (AvgIpc) is 2.86. The molecular formula is C17H24N2O2. The number of piperidine rings is 1. The highest BCUT2D eigenvalue weighted by Gasteiger charge is 2.14. The van der Waals surface area contributed by atoms with Gasteiger partial charge < -0.3 is 14.2 Å². The standard InChI is InChI=1S/C17H24N2O2/c1-13-6-9-19(10-7-13)8-3-11-20-15-4-5-16-14(2)18-21-17(16)12-15/h4-5,12-13H,3,6-11H2,1-2H3. The third-order valence-corrected chi connectivity index (χ3v) is 4.39. The molecule has 1 aromatic heterocycles. The quantitative estimate of drug-likeness (QED) is 0.787. The lowest BCUT2D eigenvalue weighted by Crippen LogP contribution is -2.34. The van der Waals surface area contributed by atoms with E-state index in [4.69, 9.17) is 9.26 Å². The van der Waals surface area contributed by atoms with Gasteiger partial charge >= 0.3 is 0 Å². The fourth-order valence-electron chi connectivity index (χ4n) is 2.90. The lowest BCUT2D eigenvalue weighted by atomic mass is 9.99. The Bertz CT molecular complexity index is 585. The fraction of sp³-hybridized carbons (Fsp3) is 0.588. The monoisotopic (exact) mass is 288 g/mol. The molecule has 1 saturated heterocycles. The summed E-state index contributed by atoms with van der Waals surface area (Å²) in [6.45, 7) is 8.67. The van der Waals surface area contributed by atoms with Crippen LogP contribution in [0.5, 0.6) is 5.75 Å². The highest BCUT2D eigenvalue weighted by Crippen LogP contribution is 2.23. The van der Waals surface area contributed by atoms with Crippen molar-refractivity contribution in [3.8, 4) is 5.75 Å². The van der Waals surface area contributed by atoms with Crippen LogP contribution in [0.4, 0.5) is 0 Å². The molecule has 2 aromatic rings. The number of nitrogens with zero attached hydrogens (tertiary/aromatic N) is 2. The second-order valence-electron chi connectivity index (χ2n) is 6.15. The van der Waals surface area contributed by atoms with Gasteiger partial charge in [-0.3, -0.25) is 0 Å². The zero-order valence-electron chi connectivity index (χ0n) is 13.0. The van der Waals surface area contributed by atoms with Crippen molar-refractivity contribution < 1.29 is 9.26 Å². The van der Waals surface area contributed by atoms with E-state index in [0.29, 0.717) is 0 Å². The molecule has 0 bridgehead atoms. The van der Waals surface area contributed by atoms with E-state index < -0.39 is 0 Å². The van der Waals surface area contributed by atoms with Crippen molar-refractivity contribution in [1.82, 2.24) is 10.1 Å². The smallest absolute Gasteiger partial charge is 0.170 e. The minimum atomic E-state index is 0.755. The van der Waals surface area contributed by atoms with Gasteiger partial charge in [0, 0.05) is 18.0 Å². The third-order valence-electron chi connectivity index (χ3n) is 4.39. The maximum absolute atomic E-state index is 5.82. The van der Waals surface area contributed by atoms with Gasteiger partial charge in [-0.1, -0.05) is 12.1 Å². The molecule has 2 heterocycles. The number of aryl methyl sites for hydroxylation is 1. The Hall–Kier alpha value is -1.55. The number of benzene rings is 1. The second kappa shape index (κ2) is 6.48. The molecule has 3 rings (SSSR count). The first-order chi connectivity index (χ1) is 10.2. The number of aromatic nitrogens is 1. The largest absolute Gasteiger partial charge is 0.493 e. The summed E-state index contributed by atoms with van der Waals surface area (Å²) in [4.78, 5) is 2.55. The Morgan fingerprint density at radius 3 is 2.95 bits per heavy atom. The van der Waals surface area contributed by atoms with Gasteiger partial charge in [0.05, 0.1) is 12.3 Å². The van der Waals surface area contributed by atoms with Crippen molar-refractivity contribution >= 4 is 11.0 Å². The van der Waals surface area contributed by atoms with E-state index >= 15 is 0 Å². The predicted octanol–water partition coefficient (Wildman–Crippen LogP) is 3.64. The number of hydrogen-bond donors (Lipinski definition) is 0. The van der Waals surface area contributed by atoms with Crippen LogP contribution in [0.3, 0.4) is 0 Å². The van der Waals surface area contributed by atoms with Gasteiger partial charge in [-0.05, 0) is 57.3 Å². The summed E-state index contributed by atoms with van der Waals surface area (Å²) in [6.07, 6.45) is 3.74. The van der Waals surface area contributed by atoms with Gasteiger partial charge in [0.2, 0.25) is 0 Å². The third kappa shape index (κ3) is 3.56. The molecule has 0 spiro atoms. The minimum absolute atomic E-state index is 0.755. The summed E-state index contributed by atoms with van der Waals surface area (Å²) in [7, 11) is 0. The van der Waals surface area contributed by atoms with Crippen molar-refractivity contribution in [2.45, 2.75) is 33.1 Å². The molecule has 1 aliphatic rings. The van der Waals surface area contributed by atoms with Crippen molar-refractivity contribution in [3.05, 3.63) is 23.9 Å². The van der Waals surface area contributed by atoms with Gasteiger partial charge in [-0.15, -0.1) is 0 Å². The van der Waals surface area contributed by atoms with Crippen LogP contribution in [-0.2, 0) is 0 Å². The molecule has 4 nitrogen and oxygen atoms in total. The Morgan fingerprint density at radius 1 is 1.33 bits per heavy atom. The molecule has 114 valence electrons. The summed E-state index contributed by atoms with van der Waals surface area (Å²) in [6, 6.07) is 5.94. The zero-order chi connectivity index (χ0) is 14.7. The van der Waals surface area contributed by atoms with E-state index in [2.05, 4.69) is 17.0 Å². The molecule has 0 saturated carbocycles. The number of fused-ring (bicyclic) bond motifs is 1. The molecule has 1 aliphatic heterocycles. The van der Waals surface area contributed by atoms with Gasteiger partial charge in [0.25, 0.3) is 0 Å². The maximum atomic E-state index is 5.82. The lowest BCUT2D eigenvalue weighted by molar-refractivity contribution is 0.177. The van der Waals surface area contributed by atoms with Gasteiger partial charge in [-0.25, -0.2) is 0 Å². The topological polar surface area (TPSA) is 38.5 Å².